The van der Waals surface area contributed by atoms with E-state index in [9.17, 15) is 9.59 Å². The smallest absolute Gasteiger partial charge is 0.412 e. The molecule has 0 radical (unpaired) electrons. The minimum absolute atomic E-state index is 0.0393. The first-order valence-electron chi connectivity index (χ1n) is 10.3. The van der Waals surface area contributed by atoms with Gasteiger partial charge in [-0.05, 0) is 43.5 Å². The summed E-state index contributed by atoms with van der Waals surface area (Å²) in [6, 6.07) is 4.65. The van der Waals surface area contributed by atoms with Crippen LogP contribution in [0.15, 0.2) is 36.8 Å². The van der Waals surface area contributed by atoms with Crippen molar-refractivity contribution < 1.29 is 18.7 Å². The van der Waals surface area contributed by atoms with Crippen molar-refractivity contribution in [2.45, 2.75) is 25.4 Å². The van der Waals surface area contributed by atoms with Crippen LogP contribution in [0, 0.1) is 12.7 Å². The first-order valence-corrected chi connectivity index (χ1v) is 10.7. The van der Waals surface area contributed by atoms with Crippen molar-refractivity contribution in [2.75, 3.05) is 24.1 Å². The molecule has 0 unspecified atom stereocenters. The number of benzene rings is 1. The molecular weight excluding hydrogens is 451 g/mol. The highest BCUT2D eigenvalue weighted by molar-refractivity contribution is 6.31. The fraction of sp³-hybridized carbons (Fsp3) is 0.273. The third kappa shape index (κ3) is 3.37. The molecule has 2 aromatic heterocycles. The number of hydrogen-bond donors (Lipinski definition) is 2. The van der Waals surface area contributed by atoms with Crippen molar-refractivity contribution in [1.29, 1.82) is 0 Å². The first-order chi connectivity index (χ1) is 15.8. The molecule has 1 saturated heterocycles. The second-order valence-corrected chi connectivity index (χ2v) is 8.55. The number of aromatic nitrogens is 3. The van der Waals surface area contributed by atoms with Gasteiger partial charge in [0.15, 0.2) is 11.4 Å². The lowest BCUT2D eigenvalue weighted by Crippen LogP contribution is -2.53. The number of rotatable bonds is 2. The van der Waals surface area contributed by atoms with Gasteiger partial charge in [-0.3, -0.25) is 15.1 Å². The van der Waals surface area contributed by atoms with Gasteiger partial charge in [0.2, 0.25) is 0 Å². The number of likely N-dealkylation sites (tertiary alicyclic amines) is 1. The highest BCUT2D eigenvalue weighted by Gasteiger charge is 2.48. The van der Waals surface area contributed by atoms with Crippen molar-refractivity contribution in [3.8, 4) is 5.69 Å². The Balaban J connectivity index is 1.50. The molecule has 2 amide bonds. The van der Waals surface area contributed by atoms with Gasteiger partial charge < -0.3 is 15.4 Å². The average Bonchev–Trinajstić information content (AvgIpc) is 3.17. The number of nitrogens with one attached hydrogen (secondary N) is 1. The standard InChI is InChI=1S/C22H20ClFN6O3/c1-12-9-26-7-5-16(12)30-19(25)13(10-27-30)20(31)29-8-2-6-22(11-29)17-15(28-21(32)33-22)4-3-14(23)18(17)24/h3-5,7,9-10H,2,6,8,11,25H2,1H3,(H,28,32)/t22-/m0/s1. The van der Waals surface area contributed by atoms with E-state index >= 15 is 4.39 Å². The summed E-state index contributed by atoms with van der Waals surface area (Å²) >= 11 is 6.02. The molecule has 2 aliphatic heterocycles. The van der Waals surface area contributed by atoms with Crippen LogP contribution in [0.25, 0.3) is 5.69 Å². The van der Waals surface area contributed by atoms with Crippen molar-refractivity contribution in [3.63, 3.8) is 0 Å². The number of nitrogen functional groups attached to an aromatic ring is 1. The highest BCUT2D eigenvalue weighted by Crippen LogP contribution is 2.45. The van der Waals surface area contributed by atoms with E-state index in [4.69, 9.17) is 22.1 Å². The molecule has 4 heterocycles. The van der Waals surface area contributed by atoms with Crippen LogP contribution >= 0.6 is 11.6 Å². The van der Waals surface area contributed by atoms with Gasteiger partial charge in [0.1, 0.15) is 11.4 Å². The van der Waals surface area contributed by atoms with E-state index in [0.29, 0.717) is 25.1 Å². The van der Waals surface area contributed by atoms with E-state index in [-0.39, 0.29) is 40.1 Å². The SMILES string of the molecule is Cc1cnccc1-n1ncc(C(=O)N2CCC[C@@]3(C2)OC(=O)Nc2ccc(Cl)c(F)c23)c1N. The molecular formula is C22H20ClFN6O3. The quantitative estimate of drug-likeness (QED) is 0.590. The van der Waals surface area contributed by atoms with Crippen LogP contribution in [0.4, 0.5) is 20.7 Å². The lowest BCUT2D eigenvalue weighted by molar-refractivity contribution is -0.0418. The summed E-state index contributed by atoms with van der Waals surface area (Å²) in [5.41, 5.74) is 7.10. The Labute approximate surface area is 193 Å². The Hall–Kier alpha value is -3.66. The zero-order valence-corrected chi connectivity index (χ0v) is 18.4. The molecule has 1 spiro atoms. The zero-order valence-electron chi connectivity index (χ0n) is 17.6. The molecule has 3 aromatic rings. The average molecular weight is 471 g/mol. The van der Waals surface area contributed by atoms with Crippen molar-refractivity contribution in [3.05, 3.63) is 64.3 Å². The predicted molar refractivity (Wildman–Crippen MR) is 119 cm³/mol. The molecule has 11 heteroatoms. The predicted octanol–water partition coefficient (Wildman–Crippen LogP) is 3.64. The van der Waals surface area contributed by atoms with Crippen LogP contribution in [0.1, 0.15) is 34.3 Å². The zero-order chi connectivity index (χ0) is 23.3. The molecule has 3 N–H and O–H groups in total. The molecule has 2 aliphatic rings. The van der Waals surface area contributed by atoms with Gasteiger partial charge in [-0.25, -0.2) is 13.9 Å². The summed E-state index contributed by atoms with van der Waals surface area (Å²) in [5.74, 6) is -0.891. The van der Waals surface area contributed by atoms with Crippen LogP contribution in [-0.4, -0.2) is 44.8 Å². The Bertz CT molecular complexity index is 1300. The number of fused-ring (bicyclic) bond motifs is 2. The lowest BCUT2D eigenvalue weighted by atomic mass is 9.83. The molecule has 9 nitrogen and oxygen atoms in total. The molecule has 1 aromatic carbocycles. The Morgan fingerprint density at radius 3 is 2.94 bits per heavy atom. The minimum Gasteiger partial charge on any atom is -0.436 e. The minimum atomic E-state index is -1.35. The summed E-state index contributed by atoms with van der Waals surface area (Å²) in [4.78, 5) is 31.2. The summed E-state index contributed by atoms with van der Waals surface area (Å²) in [6.45, 7) is 2.21. The van der Waals surface area contributed by atoms with Gasteiger partial charge in [0, 0.05) is 18.9 Å². The summed E-state index contributed by atoms with van der Waals surface area (Å²) in [7, 11) is 0. The molecule has 33 heavy (non-hydrogen) atoms. The van der Waals surface area contributed by atoms with E-state index in [1.165, 1.54) is 27.9 Å². The van der Waals surface area contributed by atoms with Crippen molar-refractivity contribution in [2.24, 2.45) is 0 Å². The molecule has 0 saturated carbocycles. The summed E-state index contributed by atoms with van der Waals surface area (Å²) < 4.78 is 22.2. The number of amides is 2. The number of piperidine rings is 1. The van der Waals surface area contributed by atoms with Crippen molar-refractivity contribution >= 4 is 35.1 Å². The molecule has 170 valence electrons. The fourth-order valence-corrected chi connectivity index (χ4v) is 4.69. The third-order valence-corrected chi connectivity index (χ3v) is 6.37. The topological polar surface area (TPSA) is 115 Å². The number of aryl methyl sites for hydroxylation is 1. The van der Waals surface area contributed by atoms with Gasteiger partial charge in [-0.15, -0.1) is 0 Å². The summed E-state index contributed by atoms with van der Waals surface area (Å²) in [5, 5.41) is 6.71. The number of pyridine rings is 1. The van der Waals surface area contributed by atoms with E-state index in [2.05, 4.69) is 15.4 Å². The molecule has 0 bridgehead atoms. The number of carbonyl (C=O) groups is 2. The monoisotopic (exact) mass is 470 g/mol. The molecule has 1 fully saturated rings. The first kappa shape index (κ1) is 21.2. The van der Waals surface area contributed by atoms with Gasteiger partial charge in [0.25, 0.3) is 5.91 Å². The Morgan fingerprint density at radius 2 is 2.15 bits per heavy atom. The number of carbonyl (C=O) groups excluding carboxylic acids is 2. The molecule has 5 rings (SSSR count). The molecule has 1 atom stereocenters. The third-order valence-electron chi connectivity index (χ3n) is 6.07. The van der Waals surface area contributed by atoms with Gasteiger partial charge in [-0.1, -0.05) is 11.6 Å². The number of halogens is 2. The van der Waals surface area contributed by atoms with Gasteiger partial charge >= 0.3 is 6.09 Å². The normalized spacial score (nSPS) is 19.7. The summed E-state index contributed by atoms with van der Waals surface area (Å²) in [6.07, 6.45) is 4.82. The number of anilines is 2. The van der Waals surface area contributed by atoms with E-state index in [1.807, 2.05) is 6.92 Å². The number of nitrogens with two attached hydrogens (primary N) is 1. The lowest BCUT2D eigenvalue weighted by Gasteiger charge is -2.45. The van der Waals surface area contributed by atoms with Crippen LogP contribution in [0.2, 0.25) is 5.02 Å². The van der Waals surface area contributed by atoms with E-state index in [1.54, 1.807) is 18.5 Å². The fourth-order valence-electron chi connectivity index (χ4n) is 4.54. The Morgan fingerprint density at radius 1 is 1.33 bits per heavy atom. The molecule has 0 aliphatic carbocycles. The second-order valence-electron chi connectivity index (χ2n) is 8.14. The van der Waals surface area contributed by atoms with Crippen LogP contribution in [-0.2, 0) is 10.3 Å². The largest absolute Gasteiger partial charge is 0.436 e. The maximum absolute atomic E-state index is 15.1. The highest BCUT2D eigenvalue weighted by atomic mass is 35.5. The number of ether oxygens (including phenoxy) is 1. The second kappa shape index (κ2) is 7.73. The van der Waals surface area contributed by atoms with Gasteiger partial charge in [0.05, 0.1) is 34.7 Å². The van der Waals surface area contributed by atoms with E-state index < -0.39 is 17.5 Å². The van der Waals surface area contributed by atoms with Crippen molar-refractivity contribution in [1.82, 2.24) is 19.7 Å². The number of hydrogen-bond acceptors (Lipinski definition) is 6. The van der Waals surface area contributed by atoms with Crippen LogP contribution in [0.3, 0.4) is 0 Å². The van der Waals surface area contributed by atoms with Gasteiger partial charge in [-0.2, -0.15) is 5.10 Å². The van der Waals surface area contributed by atoms with Crippen LogP contribution in [0.5, 0.6) is 0 Å². The maximum Gasteiger partial charge on any atom is 0.412 e. The number of nitrogens with zero attached hydrogens (tertiary/aromatic N) is 4. The van der Waals surface area contributed by atoms with Crippen LogP contribution < -0.4 is 11.1 Å². The Kier molecular flexibility index (Phi) is 4.97. The van der Waals surface area contributed by atoms with E-state index in [0.717, 1.165) is 5.56 Å². The maximum atomic E-state index is 15.1.